The van der Waals surface area contributed by atoms with Crippen LogP contribution < -0.4 is 5.73 Å². The van der Waals surface area contributed by atoms with Crippen molar-refractivity contribution in [3.8, 4) is 0 Å². The van der Waals surface area contributed by atoms with Gasteiger partial charge in [0.1, 0.15) is 0 Å². The Morgan fingerprint density at radius 3 is 2.57 bits per heavy atom. The second-order valence-electron chi connectivity index (χ2n) is 2.32. The quantitative estimate of drug-likeness (QED) is 0.601. The number of anilines is 1. The second-order valence-corrected chi connectivity index (χ2v) is 4.98. The molecular formula is C7H6N4OS2. The Morgan fingerprint density at radius 1 is 1.29 bits per heavy atom. The number of hydrogen-bond donors (Lipinski definition) is 1. The SMILES string of the molecule is Nc1ncc([S+]([O-])c2ncccn2)s1. The first-order chi connectivity index (χ1) is 6.77. The first-order valence-corrected chi connectivity index (χ1v) is 5.64. The number of nitrogens with two attached hydrogens (primary N) is 1. The van der Waals surface area contributed by atoms with Crippen LogP contribution in [0.15, 0.2) is 34.0 Å². The highest BCUT2D eigenvalue weighted by Gasteiger charge is 2.20. The first kappa shape index (κ1) is 9.38. The van der Waals surface area contributed by atoms with Gasteiger partial charge in [-0.15, -0.1) is 0 Å². The zero-order chi connectivity index (χ0) is 9.97. The van der Waals surface area contributed by atoms with Crippen molar-refractivity contribution in [2.45, 2.75) is 9.37 Å². The van der Waals surface area contributed by atoms with Crippen molar-refractivity contribution >= 4 is 27.6 Å². The molecule has 0 radical (unpaired) electrons. The van der Waals surface area contributed by atoms with E-state index in [-0.39, 0.29) is 5.16 Å². The third-order valence-corrected chi connectivity index (χ3v) is 3.73. The normalized spacial score (nSPS) is 12.6. The number of nitrogens with zero attached hydrogens (tertiary/aromatic N) is 3. The molecule has 0 fully saturated rings. The number of thiazole rings is 1. The van der Waals surface area contributed by atoms with E-state index in [1.807, 2.05) is 0 Å². The fourth-order valence-corrected chi connectivity index (χ4v) is 2.67. The average Bonchev–Trinajstić information content (AvgIpc) is 2.65. The third-order valence-electron chi connectivity index (χ3n) is 1.39. The second kappa shape index (κ2) is 3.91. The van der Waals surface area contributed by atoms with Crippen LogP contribution in [-0.2, 0) is 11.2 Å². The van der Waals surface area contributed by atoms with E-state index in [0.717, 1.165) is 0 Å². The molecule has 2 rings (SSSR count). The molecule has 1 atom stereocenters. The summed E-state index contributed by atoms with van der Waals surface area (Å²) in [7, 11) is 0. The van der Waals surface area contributed by atoms with Gasteiger partial charge < -0.3 is 10.3 Å². The van der Waals surface area contributed by atoms with E-state index in [1.54, 1.807) is 18.5 Å². The molecule has 72 valence electrons. The Balaban J connectivity index is 2.29. The van der Waals surface area contributed by atoms with Gasteiger partial charge >= 0.3 is 5.16 Å². The molecule has 0 saturated heterocycles. The van der Waals surface area contributed by atoms with Gasteiger partial charge in [-0.05, 0) is 17.4 Å². The van der Waals surface area contributed by atoms with Crippen LogP contribution in [0.25, 0.3) is 0 Å². The molecule has 0 spiro atoms. The van der Waals surface area contributed by atoms with Gasteiger partial charge in [0.15, 0.2) is 5.13 Å². The van der Waals surface area contributed by atoms with Gasteiger partial charge in [-0.3, -0.25) is 0 Å². The summed E-state index contributed by atoms with van der Waals surface area (Å²) in [4.78, 5) is 11.6. The van der Waals surface area contributed by atoms with E-state index in [0.29, 0.717) is 9.34 Å². The maximum Gasteiger partial charge on any atom is 0.349 e. The Bertz CT molecular complexity index is 419. The number of aromatic nitrogens is 3. The lowest BCUT2D eigenvalue weighted by Gasteiger charge is -2.02. The first-order valence-electron chi connectivity index (χ1n) is 3.67. The molecule has 0 bridgehead atoms. The molecule has 1 unspecified atom stereocenters. The van der Waals surface area contributed by atoms with Gasteiger partial charge in [0.05, 0.1) is 17.4 Å². The topological polar surface area (TPSA) is 87.8 Å². The molecule has 0 aliphatic rings. The minimum absolute atomic E-state index is 0.274. The highest BCUT2D eigenvalue weighted by molar-refractivity contribution is 7.93. The lowest BCUT2D eigenvalue weighted by Crippen LogP contribution is -2.04. The molecule has 7 heteroatoms. The predicted octanol–water partition coefficient (Wildman–Crippen LogP) is 0.682. The smallest absolute Gasteiger partial charge is 0.349 e. The highest BCUT2D eigenvalue weighted by Crippen LogP contribution is 2.24. The maximum atomic E-state index is 11.8. The molecule has 0 saturated carbocycles. The van der Waals surface area contributed by atoms with E-state index in [9.17, 15) is 4.55 Å². The molecule has 0 aromatic carbocycles. The fraction of sp³-hybridized carbons (Fsp3) is 0. The Kier molecular flexibility index (Phi) is 2.62. The maximum absolute atomic E-state index is 11.8. The minimum Gasteiger partial charge on any atom is -0.603 e. The summed E-state index contributed by atoms with van der Waals surface area (Å²) < 4.78 is 12.3. The van der Waals surface area contributed by atoms with Gasteiger partial charge in [0.2, 0.25) is 4.21 Å². The zero-order valence-electron chi connectivity index (χ0n) is 6.95. The summed E-state index contributed by atoms with van der Waals surface area (Å²) in [6, 6.07) is 1.67. The summed E-state index contributed by atoms with van der Waals surface area (Å²) in [5, 5.41) is 0.667. The van der Waals surface area contributed by atoms with E-state index in [4.69, 9.17) is 5.73 Å². The molecular weight excluding hydrogens is 220 g/mol. The van der Waals surface area contributed by atoms with Gasteiger partial charge in [-0.25, -0.2) is 4.98 Å². The van der Waals surface area contributed by atoms with Crippen LogP contribution in [0.2, 0.25) is 0 Å². The van der Waals surface area contributed by atoms with Crippen LogP contribution >= 0.6 is 11.3 Å². The molecule has 14 heavy (non-hydrogen) atoms. The van der Waals surface area contributed by atoms with Gasteiger partial charge in [-0.2, -0.15) is 9.97 Å². The molecule has 2 N–H and O–H groups in total. The van der Waals surface area contributed by atoms with Crippen LogP contribution in [0.5, 0.6) is 0 Å². The molecule has 2 aromatic rings. The summed E-state index contributed by atoms with van der Waals surface area (Å²) in [5.41, 5.74) is 5.43. The molecule has 2 aromatic heterocycles. The number of nitrogen functional groups attached to an aromatic ring is 1. The van der Waals surface area contributed by atoms with E-state index in [1.165, 1.54) is 17.5 Å². The van der Waals surface area contributed by atoms with Crippen molar-refractivity contribution in [2.75, 3.05) is 5.73 Å². The molecule has 0 amide bonds. The van der Waals surface area contributed by atoms with E-state index in [2.05, 4.69) is 15.0 Å². The van der Waals surface area contributed by atoms with Gasteiger partial charge in [-0.1, -0.05) is 0 Å². The third kappa shape index (κ3) is 1.84. The molecule has 0 aliphatic heterocycles. The van der Waals surface area contributed by atoms with Crippen LogP contribution in [0.3, 0.4) is 0 Å². The average molecular weight is 226 g/mol. The van der Waals surface area contributed by atoms with E-state index >= 15 is 0 Å². The number of rotatable bonds is 2. The Hall–Kier alpha value is -1.18. The lowest BCUT2D eigenvalue weighted by molar-refractivity contribution is 0.588. The highest BCUT2D eigenvalue weighted by atomic mass is 32.2. The Morgan fingerprint density at radius 2 is 2.00 bits per heavy atom. The number of hydrogen-bond acceptors (Lipinski definition) is 6. The Labute approximate surface area is 87.2 Å². The summed E-state index contributed by atoms with van der Waals surface area (Å²) in [6.45, 7) is 0. The zero-order valence-corrected chi connectivity index (χ0v) is 8.59. The predicted molar refractivity (Wildman–Crippen MR) is 53.2 cm³/mol. The van der Waals surface area contributed by atoms with Gasteiger partial charge in [0, 0.05) is 12.4 Å². The molecule has 5 nitrogen and oxygen atoms in total. The standard InChI is InChI=1S/C7H6N4OS2/c8-6-11-4-5(13-6)14(12)7-9-2-1-3-10-7/h1-4H,(H2,8,11). The lowest BCUT2D eigenvalue weighted by atomic mass is 10.7. The molecule has 2 heterocycles. The van der Waals surface area contributed by atoms with Gasteiger partial charge in [0.25, 0.3) is 0 Å². The van der Waals surface area contributed by atoms with Crippen molar-refractivity contribution in [1.82, 2.24) is 15.0 Å². The van der Waals surface area contributed by atoms with Crippen LogP contribution in [0, 0.1) is 0 Å². The van der Waals surface area contributed by atoms with E-state index < -0.39 is 11.2 Å². The van der Waals surface area contributed by atoms with Crippen molar-refractivity contribution in [2.24, 2.45) is 0 Å². The van der Waals surface area contributed by atoms with Crippen LogP contribution in [-0.4, -0.2) is 19.5 Å². The summed E-state index contributed by atoms with van der Waals surface area (Å²) >= 11 is -0.195. The van der Waals surface area contributed by atoms with Crippen molar-refractivity contribution in [1.29, 1.82) is 0 Å². The largest absolute Gasteiger partial charge is 0.603 e. The minimum atomic E-state index is -1.37. The van der Waals surface area contributed by atoms with Crippen molar-refractivity contribution in [3.05, 3.63) is 24.7 Å². The fourth-order valence-electron chi connectivity index (χ4n) is 0.829. The monoisotopic (exact) mass is 226 g/mol. The summed E-state index contributed by atoms with van der Waals surface area (Å²) in [5.74, 6) is 0. The summed E-state index contributed by atoms with van der Waals surface area (Å²) in [6.07, 6.45) is 4.57. The van der Waals surface area contributed by atoms with Crippen molar-refractivity contribution in [3.63, 3.8) is 0 Å². The van der Waals surface area contributed by atoms with Crippen LogP contribution in [0.4, 0.5) is 5.13 Å². The van der Waals surface area contributed by atoms with Crippen molar-refractivity contribution < 1.29 is 4.55 Å². The van der Waals surface area contributed by atoms with Crippen LogP contribution in [0.1, 0.15) is 0 Å². The molecule has 0 aliphatic carbocycles.